The summed E-state index contributed by atoms with van der Waals surface area (Å²) in [6.45, 7) is 3.14. The van der Waals surface area contributed by atoms with Crippen LogP contribution in [0.5, 0.6) is 11.5 Å². The van der Waals surface area contributed by atoms with Crippen LogP contribution in [0.25, 0.3) is 10.9 Å². The third-order valence-corrected chi connectivity index (χ3v) is 5.91. The summed E-state index contributed by atoms with van der Waals surface area (Å²) in [5.74, 6) is 1.32. The highest BCUT2D eigenvalue weighted by Gasteiger charge is 2.18. The number of hydrogen-bond acceptors (Lipinski definition) is 4. The fourth-order valence-electron chi connectivity index (χ4n) is 3.89. The van der Waals surface area contributed by atoms with Gasteiger partial charge in [-0.25, -0.2) is 0 Å². The average molecular weight is 458 g/mol. The Morgan fingerprint density at radius 3 is 2.58 bits per heavy atom. The van der Waals surface area contributed by atoms with Gasteiger partial charge in [-0.1, -0.05) is 42.5 Å². The van der Waals surface area contributed by atoms with Crippen LogP contribution in [0.1, 0.15) is 16.7 Å². The minimum Gasteiger partial charge on any atom is -0.454 e. The number of hydrogen-bond donors (Lipinski definition) is 2. The molecule has 0 saturated carbocycles. The maximum atomic E-state index is 12.9. The van der Waals surface area contributed by atoms with E-state index in [1.54, 1.807) is 6.07 Å². The molecular weight excluding hydrogens is 434 g/mol. The molecule has 0 saturated heterocycles. The molecule has 1 aliphatic heterocycles. The Kier molecular flexibility index (Phi) is 5.71. The van der Waals surface area contributed by atoms with Gasteiger partial charge in [0.15, 0.2) is 16.6 Å². The zero-order valence-corrected chi connectivity index (χ0v) is 18.9. The first-order valence-electron chi connectivity index (χ1n) is 10.7. The van der Waals surface area contributed by atoms with Gasteiger partial charge >= 0.3 is 0 Å². The van der Waals surface area contributed by atoms with E-state index in [-0.39, 0.29) is 12.4 Å². The second-order valence-corrected chi connectivity index (χ2v) is 8.44. The molecule has 7 heteroatoms. The fourth-order valence-corrected chi connectivity index (χ4v) is 4.14. The minimum atomic E-state index is -0.155. The van der Waals surface area contributed by atoms with E-state index in [1.165, 1.54) is 0 Å². The van der Waals surface area contributed by atoms with Crippen molar-refractivity contribution >= 4 is 33.9 Å². The normalized spacial score (nSPS) is 12.0. The van der Waals surface area contributed by atoms with Crippen molar-refractivity contribution in [2.75, 3.05) is 12.1 Å². The number of fused-ring (bicyclic) bond motifs is 2. The van der Waals surface area contributed by atoms with E-state index < -0.39 is 0 Å². The van der Waals surface area contributed by atoms with Crippen LogP contribution in [-0.2, 0) is 13.1 Å². The summed E-state index contributed by atoms with van der Waals surface area (Å²) in [6.07, 6.45) is 0. The third kappa shape index (κ3) is 4.68. The molecule has 4 aromatic rings. The molecule has 0 bridgehead atoms. The number of ether oxygens (including phenoxy) is 2. The molecule has 0 fully saturated rings. The highest BCUT2D eigenvalue weighted by molar-refractivity contribution is 7.80. The van der Waals surface area contributed by atoms with Gasteiger partial charge in [0.1, 0.15) is 0 Å². The van der Waals surface area contributed by atoms with Gasteiger partial charge in [-0.2, -0.15) is 0 Å². The summed E-state index contributed by atoms with van der Waals surface area (Å²) in [7, 11) is 0. The number of H-pyrrole nitrogens is 1. The van der Waals surface area contributed by atoms with Crippen LogP contribution in [0.4, 0.5) is 5.69 Å². The van der Waals surface area contributed by atoms with Gasteiger partial charge in [-0.3, -0.25) is 4.79 Å². The van der Waals surface area contributed by atoms with Crippen LogP contribution in [0.2, 0.25) is 0 Å². The highest BCUT2D eigenvalue weighted by Crippen LogP contribution is 2.35. The molecule has 0 spiro atoms. The van der Waals surface area contributed by atoms with Gasteiger partial charge in [0.05, 0.1) is 12.1 Å². The number of aryl methyl sites for hydroxylation is 1. The lowest BCUT2D eigenvalue weighted by Crippen LogP contribution is -2.35. The maximum Gasteiger partial charge on any atom is 0.253 e. The van der Waals surface area contributed by atoms with E-state index in [4.69, 9.17) is 21.7 Å². The molecule has 166 valence electrons. The fraction of sp³-hybridized carbons (Fsp3) is 0.154. The van der Waals surface area contributed by atoms with Crippen molar-refractivity contribution in [3.8, 4) is 11.5 Å². The molecule has 0 aliphatic carbocycles. The number of pyridine rings is 1. The van der Waals surface area contributed by atoms with Crippen molar-refractivity contribution < 1.29 is 9.47 Å². The van der Waals surface area contributed by atoms with Crippen LogP contribution in [0, 0.1) is 6.92 Å². The largest absolute Gasteiger partial charge is 0.454 e. The smallest absolute Gasteiger partial charge is 0.253 e. The molecule has 2 N–H and O–H groups in total. The van der Waals surface area contributed by atoms with Crippen molar-refractivity contribution in [1.82, 2.24) is 9.88 Å². The number of aromatic nitrogens is 1. The summed E-state index contributed by atoms with van der Waals surface area (Å²) < 4.78 is 10.9. The summed E-state index contributed by atoms with van der Waals surface area (Å²) in [5, 5.41) is 4.75. The van der Waals surface area contributed by atoms with Crippen LogP contribution in [0.15, 0.2) is 77.6 Å². The van der Waals surface area contributed by atoms with Crippen LogP contribution < -0.4 is 20.3 Å². The Morgan fingerprint density at radius 2 is 1.79 bits per heavy atom. The average Bonchev–Trinajstić information content (AvgIpc) is 3.25. The lowest BCUT2D eigenvalue weighted by atomic mass is 10.1. The standard InChI is InChI=1S/C26H23N3O3S/c1-17-6-5-9-21(10-17)27-26(33)29(14-18-7-3-2-4-8-18)15-20-11-19-12-23-24(32-16-31-23)13-22(19)28-25(20)30/h2-13H,14-16H2,1H3,(H,27,33)(H,28,30). The highest BCUT2D eigenvalue weighted by atomic mass is 32.1. The number of aromatic amines is 1. The molecule has 1 aromatic heterocycles. The van der Waals surface area contributed by atoms with E-state index in [0.29, 0.717) is 40.8 Å². The predicted molar refractivity (Wildman–Crippen MR) is 134 cm³/mol. The van der Waals surface area contributed by atoms with Crippen molar-refractivity contribution in [3.63, 3.8) is 0 Å². The molecule has 0 amide bonds. The molecule has 6 nitrogen and oxygen atoms in total. The number of anilines is 1. The minimum absolute atomic E-state index is 0.155. The van der Waals surface area contributed by atoms with E-state index in [2.05, 4.69) is 10.3 Å². The molecule has 2 heterocycles. The van der Waals surface area contributed by atoms with Crippen molar-refractivity contribution in [1.29, 1.82) is 0 Å². The van der Waals surface area contributed by atoms with E-state index in [9.17, 15) is 4.79 Å². The van der Waals surface area contributed by atoms with Gasteiger partial charge in [-0.15, -0.1) is 0 Å². The van der Waals surface area contributed by atoms with Crippen molar-refractivity contribution in [3.05, 3.63) is 99.8 Å². The SMILES string of the molecule is Cc1cccc(NC(=S)N(Cc2ccccc2)Cc2cc3cc4c(cc3[nH]c2=O)OCO4)c1. The van der Waals surface area contributed by atoms with Gasteiger partial charge in [0.2, 0.25) is 6.79 Å². The number of thiocarbonyl (C=S) groups is 1. The zero-order chi connectivity index (χ0) is 22.8. The van der Waals surface area contributed by atoms with E-state index in [0.717, 1.165) is 22.2 Å². The first-order chi connectivity index (χ1) is 16.0. The van der Waals surface area contributed by atoms with E-state index in [1.807, 2.05) is 78.6 Å². The van der Waals surface area contributed by atoms with Crippen LogP contribution in [0.3, 0.4) is 0 Å². The molecule has 0 unspecified atom stereocenters. The van der Waals surface area contributed by atoms with Gasteiger partial charge in [0.25, 0.3) is 5.56 Å². The van der Waals surface area contributed by atoms with Gasteiger partial charge in [-0.05, 0) is 54.5 Å². The lowest BCUT2D eigenvalue weighted by molar-refractivity contribution is 0.174. The summed E-state index contributed by atoms with van der Waals surface area (Å²) in [5.41, 5.74) is 4.33. The number of rotatable bonds is 5. The van der Waals surface area contributed by atoms with Crippen LogP contribution in [-0.4, -0.2) is 21.8 Å². The zero-order valence-electron chi connectivity index (χ0n) is 18.1. The first-order valence-corrected chi connectivity index (χ1v) is 11.1. The molecule has 1 aliphatic rings. The molecule has 0 atom stereocenters. The molecule has 3 aromatic carbocycles. The quantitative estimate of drug-likeness (QED) is 0.413. The number of nitrogens with one attached hydrogen (secondary N) is 2. The Morgan fingerprint density at radius 1 is 1.00 bits per heavy atom. The Labute approximate surface area is 196 Å². The monoisotopic (exact) mass is 457 g/mol. The summed E-state index contributed by atoms with van der Waals surface area (Å²) >= 11 is 5.77. The molecular formula is C26H23N3O3S. The number of benzene rings is 3. The molecule has 33 heavy (non-hydrogen) atoms. The van der Waals surface area contributed by atoms with Gasteiger partial charge < -0.3 is 24.7 Å². The summed E-state index contributed by atoms with van der Waals surface area (Å²) in [4.78, 5) is 17.9. The Bertz CT molecular complexity index is 1380. The Balaban J connectivity index is 1.46. The van der Waals surface area contributed by atoms with E-state index >= 15 is 0 Å². The lowest BCUT2D eigenvalue weighted by Gasteiger charge is -2.26. The van der Waals surface area contributed by atoms with Crippen LogP contribution >= 0.6 is 12.2 Å². The Hall–Kier alpha value is -3.84. The maximum absolute atomic E-state index is 12.9. The topological polar surface area (TPSA) is 66.6 Å². The second-order valence-electron chi connectivity index (χ2n) is 8.06. The second kappa shape index (κ2) is 8.96. The third-order valence-electron chi connectivity index (χ3n) is 5.55. The molecule has 5 rings (SSSR count). The molecule has 0 radical (unpaired) electrons. The predicted octanol–water partition coefficient (Wildman–Crippen LogP) is 4.96. The van der Waals surface area contributed by atoms with Crippen molar-refractivity contribution in [2.45, 2.75) is 20.0 Å². The first kappa shape index (κ1) is 21.0. The van der Waals surface area contributed by atoms with Crippen molar-refractivity contribution in [2.24, 2.45) is 0 Å². The summed E-state index contributed by atoms with van der Waals surface area (Å²) in [6, 6.07) is 23.7. The van der Waals surface area contributed by atoms with Gasteiger partial charge in [0, 0.05) is 29.2 Å². The number of nitrogens with zero attached hydrogens (tertiary/aromatic N) is 1.